The van der Waals surface area contributed by atoms with Gasteiger partial charge in [0.2, 0.25) is 0 Å². The molecule has 0 saturated carbocycles. The van der Waals surface area contributed by atoms with E-state index < -0.39 is 0 Å². The Morgan fingerprint density at radius 2 is 2.14 bits per heavy atom. The van der Waals surface area contributed by atoms with Crippen molar-refractivity contribution in [1.82, 2.24) is 15.3 Å². The zero-order valence-corrected chi connectivity index (χ0v) is 8.88. The van der Waals surface area contributed by atoms with Crippen LogP contribution in [0.4, 0.5) is 0 Å². The molecule has 1 aromatic heterocycles. The average Bonchev–Trinajstić information content (AvgIpc) is 2.27. The Morgan fingerprint density at radius 1 is 1.36 bits per heavy atom. The van der Waals surface area contributed by atoms with Gasteiger partial charge in [-0.3, -0.25) is 0 Å². The van der Waals surface area contributed by atoms with Crippen LogP contribution in [0.3, 0.4) is 0 Å². The molecule has 1 heterocycles. The fourth-order valence-corrected chi connectivity index (χ4v) is 1.83. The molecule has 0 aromatic carbocycles. The van der Waals surface area contributed by atoms with Gasteiger partial charge in [-0.1, -0.05) is 0 Å². The molecule has 0 radical (unpaired) electrons. The number of aryl methyl sites for hydroxylation is 2. The maximum Gasteiger partial charge on any atom is 0.145 e. The lowest BCUT2D eigenvalue weighted by molar-refractivity contribution is 0.587. The zero-order chi connectivity index (χ0) is 9.97. The lowest BCUT2D eigenvalue weighted by Crippen LogP contribution is -2.18. The van der Waals surface area contributed by atoms with Crippen molar-refractivity contribution in [3.05, 3.63) is 23.3 Å². The number of hydrogen-bond acceptors (Lipinski definition) is 3. The summed E-state index contributed by atoms with van der Waals surface area (Å²) in [4.78, 5) is 9.00. The number of aromatic nitrogens is 2. The maximum absolute atomic E-state index is 4.61. The smallest absolute Gasteiger partial charge is 0.145 e. The van der Waals surface area contributed by atoms with Crippen molar-refractivity contribution in [2.24, 2.45) is 0 Å². The summed E-state index contributed by atoms with van der Waals surface area (Å²) in [6.07, 6.45) is 6.85. The van der Waals surface area contributed by atoms with Crippen molar-refractivity contribution in [3.8, 4) is 0 Å². The highest BCUT2D eigenvalue weighted by molar-refractivity contribution is 5.20. The van der Waals surface area contributed by atoms with Crippen LogP contribution >= 0.6 is 0 Å². The molecular formula is C11H17N3. The third kappa shape index (κ3) is 1.77. The van der Waals surface area contributed by atoms with Crippen molar-refractivity contribution >= 4 is 0 Å². The topological polar surface area (TPSA) is 37.8 Å². The van der Waals surface area contributed by atoms with E-state index in [1.807, 2.05) is 13.2 Å². The SMILES string of the molecule is CNC(C)c1ncc2c(n1)CCCC2. The monoisotopic (exact) mass is 191 g/mol. The van der Waals surface area contributed by atoms with Gasteiger partial charge in [-0.2, -0.15) is 0 Å². The molecular weight excluding hydrogens is 174 g/mol. The molecule has 14 heavy (non-hydrogen) atoms. The summed E-state index contributed by atoms with van der Waals surface area (Å²) in [6.45, 7) is 2.09. The third-order valence-corrected chi connectivity index (χ3v) is 2.90. The maximum atomic E-state index is 4.61. The van der Waals surface area contributed by atoms with Gasteiger partial charge in [-0.05, 0) is 45.2 Å². The first-order valence-corrected chi connectivity index (χ1v) is 5.33. The Labute approximate surface area is 85.0 Å². The van der Waals surface area contributed by atoms with Gasteiger partial charge in [0.15, 0.2) is 0 Å². The van der Waals surface area contributed by atoms with Crippen molar-refractivity contribution in [2.45, 2.75) is 38.6 Å². The summed E-state index contributed by atoms with van der Waals surface area (Å²) in [5.41, 5.74) is 2.62. The summed E-state index contributed by atoms with van der Waals surface area (Å²) in [6, 6.07) is 0.252. The van der Waals surface area contributed by atoms with E-state index >= 15 is 0 Å². The minimum Gasteiger partial charge on any atom is -0.311 e. The van der Waals surface area contributed by atoms with Gasteiger partial charge >= 0.3 is 0 Å². The van der Waals surface area contributed by atoms with Crippen LogP contribution in [0.5, 0.6) is 0 Å². The standard InChI is InChI=1S/C11H17N3/c1-8(12-2)11-13-7-9-5-3-4-6-10(9)14-11/h7-8,12H,3-6H2,1-2H3. The first-order chi connectivity index (χ1) is 6.81. The molecule has 1 aliphatic carbocycles. The van der Waals surface area contributed by atoms with Gasteiger partial charge in [-0.15, -0.1) is 0 Å². The van der Waals surface area contributed by atoms with E-state index in [9.17, 15) is 0 Å². The summed E-state index contributed by atoms with van der Waals surface area (Å²) < 4.78 is 0. The molecule has 0 bridgehead atoms. The quantitative estimate of drug-likeness (QED) is 0.772. The van der Waals surface area contributed by atoms with E-state index in [1.54, 1.807) is 0 Å². The van der Waals surface area contributed by atoms with Crippen LogP contribution in [0.2, 0.25) is 0 Å². The molecule has 1 aliphatic rings. The van der Waals surface area contributed by atoms with Crippen LogP contribution in [-0.2, 0) is 12.8 Å². The Hall–Kier alpha value is -0.960. The molecule has 0 spiro atoms. The molecule has 1 atom stereocenters. The minimum atomic E-state index is 0.252. The first-order valence-electron chi connectivity index (χ1n) is 5.33. The van der Waals surface area contributed by atoms with Gasteiger partial charge in [0, 0.05) is 11.9 Å². The molecule has 1 aromatic rings. The van der Waals surface area contributed by atoms with Gasteiger partial charge in [0.25, 0.3) is 0 Å². The minimum absolute atomic E-state index is 0.252. The van der Waals surface area contributed by atoms with E-state index in [-0.39, 0.29) is 6.04 Å². The van der Waals surface area contributed by atoms with Crippen molar-refractivity contribution in [3.63, 3.8) is 0 Å². The second kappa shape index (κ2) is 4.05. The Morgan fingerprint density at radius 3 is 2.93 bits per heavy atom. The van der Waals surface area contributed by atoms with Crippen LogP contribution < -0.4 is 5.32 Å². The van der Waals surface area contributed by atoms with E-state index in [1.165, 1.54) is 24.1 Å². The van der Waals surface area contributed by atoms with E-state index in [2.05, 4.69) is 22.2 Å². The second-order valence-corrected chi connectivity index (χ2v) is 3.92. The van der Waals surface area contributed by atoms with Gasteiger partial charge in [-0.25, -0.2) is 9.97 Å². The van der Waals surface area contributed by atoms with Crippen LogP contribution in [0, 0.1) is 0 Å². The molecule has 1 N–H and O–H groups in total. The highest BCUT2D eigenvalue weighted by Crippen LogP contribution is 2.19. The number of hydrogen-bond donors (Lipinski definition) is 1. The molecule has 0 saturated heterocycles. The van der Waals surface area contributed by atoms with Crippen molar-refractivity contribution in [2.75, 3.05) is 7.05 Å². The predicted molar refractivity (Wildman–Crippen MR) is 56.1 cm³/mol. The number of nitrogens with zero attached hydrogens (tertiary/aromatic N) is 2. The molecule has 3 nitrogen and oxygen atoms in total. The predicted octanol–water partition coefficient (Wildman–Crippen LogP) is 1.64. The normalized spacial score (nSPS) is 17.6. The Bertz CT molecular complexity index is 322. The van der Waals surface area contributed by atoms with Crippen LogP contribution in [0.1, 0.15) is 42.9 Å². The molecule has 1 unspecified atom stereocenters. The van der Waals surface area contributed by atoms with Gasteiger partial charge < -0.3 is 5.32 Å². The summed E-state index contributed by atoms with van der Waals surface area (Å²) >= 11 is 0. The third-order valence-electron chi connectivity index (χ3n) is 2.90. The fourth-order valence-electron chi connectivity index (χ4n) is 1.83. The lowest BCUT2D eigenvalue weighted by atomic mass is 9.97. The Balaban J connectivity index is 2.29. The van der Waals surface area contributed by atoms with Crippen molar-refractivity contribution in [1.29, 1.82) is 0 Å². The summed E-state index contributed by atoms with van der Waals surface area (Å²) in [7, 11) is 1.94. The largest absolute Gasteiger partial charge is 0.311 e. The second-order valence-electron chi connectivity index (χ2n) is 3.92. The van der Waals surface area contributed by atoms with E-state index in [0.717, 1.165) is 18.7 Å². The van der Waals surface area contributed by atoms with Crippen LogP contribution in [0.25, 0.3) is 0 Å². The highest BCUT2D eigenvalue weighted by Gasteiger charge is 2.13. The molecule has 3 heteroatoms. The highest BCUT2D eigenvalue weighted by atomic mass is 15.0. The zero-order valence-electron chi connectivity index (χ0n) is 8.88. The van der Waals surface area contributed by atoms with Crippen LogP contribution in [-0.4, -0.2) is 17.0 Å². The average molecular weight is 191 g/mol. The van der Waals surface area contributed by atoms with E-state index in [0.29, 0.717) is 0 Å². The van der Waals surface area contributed by atoms with E-state index in [4.69, 9.17) is 0 Å². The van der Waals surface area contributed by atoms with Gasteiger partial charge in [0.05, 0.1) is 6.04 Å². The summed E-state index contributed by atoms with van der Waals surface area (Å²) in [5.74, 6) is 0.924. The number of fused-ring (bicyclic) bond motifs is 1. The van der Waals surface area contributed by atoms with Crippen molar-refractivity contribution < 1.29 is 0 Å². The molecule has 0 fully saturated rings. The Kier molecular flexibility index (Phi) is 2.77. The molecule has 76 valence electrons. The van der Waals surface area contributed by atoms with Gasteiger partial charge in [0.1, 0.15) is 5.82 Å². The molecule has 0 aliphatic heterocycles. The molecule has 0 amide bonds. The number of rotatable bonds is 2. The first kappa shape index (κ1) is 9.59. The molecule has 2 rings (SSSR count). The fraction of sp³-hybridized carbons (Fsp3) is 0.636. The van der Waals surface area contributed by atoms with Crippen LogP contribution in [0.15, 0.2) is 6.20 Å². The number of nitrogens with one attached hydrogen (secondary N) is 1. The summed E-state index contributed by atoms with van der Waals surface area (Å²) in [5, 5.41) is 3.16. The lowest BCUT2D eigenvalue weighted by Gasteiger charge is -2.16.